The molecule has 3 aromatic carbocycles. The average molecular weight is 538 g/mol. The largest absolute Gasteiger partial charge is 0.457 e. The Balaban J connectivity index is 1.24. The highest BCUT2D eigenvalue weighted by atomic mass is 32.2. The van der Waals surface area contributed by atoms with Crippen molar-refractivity contribution in [2.24, 2.45) is 0 Å². The molecular weight excluding hydrogens is 514 g/mol. The van der Waals surface area contributed by atoms with Gasteiger partial charge in [0.05, 0.1) is 5.52 Å². The second kappa shape index (κ2) is 9.73. The monoisotopic (exact) mass is 537 g/mol. The molecule has 0 amide bonds. The molecule has 0 spiro atoms. The number of fused-ring (bicyclic) bond motifs is 2. The van der Waals surface area contributed by atoms with E-state index in [4.69, 9.17) is 8.92 Å². The van der Waals surface area contributed by atoms with Gasteiger partial charge in [-0.1, -0.05) is 17.7 Å². The summed E-state index contributed by atoms with van der Waals surface area (Å²) in [5.41, 5.74) is 4.09. The number of nitrogens with one attached hydrogen (secondary N) is 1. The Morgan fingerprint density at radius 2 is 1.67 bits per heavy atom. The van der Waals surface area contributed by atoms with Gasteiger partial charge in [-0.3, -0.25) is 0 Å². The van der Waals surface area contributed by atoms with Gasteiger partial charge < -0.3 is 18.6 Å². The minimum Gasteiger partial charge on any atom is -0.457 e. The van der Waals surface area contributed by atoms with Crippen molar-refractivity contribution in [1.29, 1.82) is 0 Å². The zero-order valence-electron chi connectivity index (χ0n) is 21.1. The van der Waals surface area contributed by atoms with Crippen LogP contribution in [0, 0.1) is 13.8 Å². The first-order chi connectivity index (χ1) is 18.8. The summed E-state index contributed by atoms with van der Waals surface area (Å²) in [5, 5.41) is 3.91. The highest BCUT2D eigenvalue weighted by Crippen LogP contribution is 2.31. The van der Waals surface area contributed by atoms with Crippen molar-refractivity contribution in [1.82, 2.24) is 19.4 Å². The molecular formula is C29H23N5O4S. The zero-order valence-corrected chi connectivity index (χ0v) is 21.9. The summed E-state index contributed by atoms with van der Waals surface area (Å²) in [7, 11) is -4.00. The quantitative estimate of drug-likeness (QED) is 0.240. The van der Waals surface area contributed by atoms with E-state index in [1.54, 1.807) is 36.5 Å². The van der Waals surface area contributed by atoms with Crippen LogP contribution < -0.4 is 14.2 Å². The van der Waals surface area contributed by atoms with Crippen LogP contribution in [-0.2, 0) is 10.1 Å². The summed E-state index contributed by atoms with van der Waals surface area (Å²) in [4.78, 5) is 13.1. The lowest BCUT2D eigenvalue weighted by Crippen LogP contribution is -2.09. The second-order valence-corrected chi connectivity index (χ2v) is 10.6. The molecule has 0 bridgehead atoms. The lowest BCUT2D eigenvalue weighted by atomic mass is 10.2. The maximum atomic E-state index is 12.8. The van der Waals surface area contributed by atoms with Crippen LogP contribution in [0.2, 0.25) is 0 Å². The number of anilines is 2. The first kappa shape index (κ1) is 24.4. The lowest BCUT2D eigenvalue weighted by molar-refractivity contribution is 0.478. The van der Waals surface area contributed by atoms with E-state index >= 15 is 0 Å². The van der Waals surface area contributed by atoms with E-state index in [0.29, 0.717) is 28.2 Å². The molecule has 0 saturated heterocycles. The van der Waals surface area contributed by atoms with E-state index in [2.05, 4.69) is 20.3 Å². The summed E-state index contributed by atoms with van der Waals surface area (Å²) < 4.78 is 39.0. The number of imidazole rings is 1. The summed E-state index contributed by atoms with van der Waals surface area (Å²) in [6.07, 6.45) is 6.96. The van der Waals surface area contributed by atoms with Gasteiger partial charge in [0.25, 0.3) is 0 Å². The van der Waals surface area contributed by atoms with E-state index in [-0.39, 0.29) is 10.6 Å². The Labute approximate surface area is 224 Å². The predicted molar refractivity (Wildman–Crippen MR) is 148 cm³/mol. The minimum atomic E-state index is -4.00. The van der Waals surface area contributed by atoms with Crippen molar-refractivity contribution >= 4 is 38.2 Å². The van der Waals surface area contributed by atoms with Crippen LogP contribution in [0.1, 0.15) is 11.1 Å². The molecule has 0 radical (unpaired) electrons. The molecule has 0 atom stereocenters. The first-order valence-electron chi connectivity index (χ1n) is 12.1. The summed E-state index contributed by atoms with van der Waals surface area (Å²) in [6, 6.07) is 20.8. The molecule has 0 unspecified atom stereocenters. The lowest BCUT2D eigenvalue weighted by Gasteiger charge is -2.13. The Kier molecular flexibility index (Phi) is 6.08. The van der Waals surface area contributed by atoms with Gasteiger partial charge in [-0.2, -0.15) is 8.42 Å². The molecule has 39 heavy (non-hydrogen) atoms. The van der Waals surface area contributed by atoms with Crippen LogP contribution in [0.15, 0.2) is 103 Å². The highest BCUT2D eigenvalue weighted by molar-refractivity contribution is 7.87. The topological polar surface area (TPSA) is 108 Å². The van der Waals surface area contributed by atoms with Crippen LogP contribution >= 0.6 is 0 Å². The van der Waals surface area contributed by atoms with Crippen molar-refractivity contribution < 1.29 is 17.3 Å². The summed E-state index contributed by atoms with van der Waals surface area (Å²) in [5.74, 6) is 2.07. The van der Waals surface area contributed by atoms with Gasteiger partial charge in [0.15, 0.2) is 0 Å². The molecule has 0 aliphatic rings. The van der Waals surface area contributed by atoms with Crippen LogP contribution in [0.3, 0.4) is 0 Å². The molecule has 0 aliphatic heterocycles. The molecule has 1 N–H and O–H groups in total. The van der Waals surface area contributed by atoms with Crippen molar-refractivity contribution in [3.05, 3.63) is 109 Å². The van der Waals surface area contributed by atoms with E-state index in [1.807, 2.05) is 61.0 Å². The van der Waals surface area contributed by atoms with Gasteiger partial charge in [-0.15, -0.1) is 0 Å². The van der Waals surface area contributed by atoms with E-state index < -0.39 is 10.1 Å². The van der Waals surface area contributed by atoms with Crippen molar-refractivity contribution in [3.63, 3.8) is 0 Å². The molecule has 0 saturated carbocycles. The second-order valence-electron chi connectivity index (χ2n) is 9.01. The third kappa shape index (κ3) is 5.10. The summed E-state index contributed by atoms with van der Waals surface area (Å²) in [6.45, 7) is 3.84. The van der Waals surface area contributed by atoms with Crippen molar-refractivity contribution in [2.75, 3.05) is 5.32 Å². The van der Waals surface area contributed by atoms with Gasteiger partial charge in [0, 0.05) is 35.7 Å². The SMILES string of the molecule is Cc1ccc(S(=O)(=O)Oc2ccc3ncnc(Nc4ccc(Oc5ccn6ccnc6c5)c(C)c4)c3c2)cc1. The fraction of sp³-hybridized carbons (Fsp3) is 0.0690. The number of aromatic nitrogens is 4. The molecule has 0 aliphatic carbocycles. The molecule has 3 aromatic heterocycles. The third-order valence-corrected chi connectivity index (χ3v) is 7.42. The molecule has 6 aromatic rings. The maximum Gasteiger partial charge on any atom is 0.339 e. The van der Waals surface area contributed by atoms with Gasteiger partial charge >= 0.3 is 10.1 Å². The van der Waals surface area contributed by atoms with Crippen LogP contribution in [-0.4, -0.2) is 27.8 Å². The number of hydrogen-bond donors (Lipinski definition) is 1. The van der Waals surface area contributed by atoms with Crippen LogP contribution in [0.25, 0.3) is 16.6 Å². The third-order valence-electron chi connectivity index (χ3n) is 6.16. The Morgan fingerprint density at radius 3 is 2.49 bits per heavy atom. The number of benzene rings is 3. The Morgan fingerprint density at radius 1 is 0.821 bits per heavy atom. The van der Waals surface area contributed by atoms with Crippen LogP contribution in [0.5, 0.6) is 17.2 Å². The first-order valence-corrected chi connectivity index (χ1v) is 13.5. The van der Waals surface area contributed by atoms with Crippen molar-refractivity contribution in [3.8, 4) is 17.2 Å². The number of pyridine rings is 1. The Hall–Kier alpha value is -4.96. The molecule has 0 fully saturated rings. The molecule has 10 heteroatoms. The van der Waals surface area contributed by atoms with E-state index in [0.717, 1.165) is 22.5 Å². The smallest absolute Gasteiger partial charge is 0.339 e. The van der Waals surface area contributed by atoms with E-state index in [9.17, 15) is 8.42 Å². The maximum absolute atomic E-state index is 12.8. The van der Waals surface area contributed by atoms with Gasteiger partial charge in [0.2, 0.25) is 0 Å². The van der Waals surface area contributed by atoms with E-state index in [1.165, 1.54) is 18.5 Å². The average Bonchev–Trinajstić information content (AvgIpc) is 3.39. The molecule has 6 rings (SSSR count). The standard InChI is InChI=1S/C29H23N5O4S/c1-19-3-7-24(8-4-19)39(35,36)38-23-6-9-26-25(16-23)29(32-18-31-26)33-21-5-10-27(20(2)15-21)37-22-11-13-34-14-12-30-28(34)17-22/h3-18H,1-2H3,(H,31,32,33). The fourth-order valence-corrected chi connectivity index (χ4v) is 5.05. The summed E-state index contributed by atoms with van der Waals surface area (Å²) >= 11 is 0. The fourth-order valence-electron chi connectivity index (χ4n) is 4.13. The predicted octanol–water partition coefficient (Wildman–Crippen LogP) is 6.20. The zero-order chi connectivity index (χ0) is 27.0. The molecule has 194 valence electrons. The van der Waals surface area contributed by atoms with Gasteiger partial charge in [-0.05, 0) is 74.0 Å². The van der Waals surface area contributed by atoms with Crippen LogP contribution in [0.4, 0.5) is 11.5 Å². The number of aryl methyl sites for hydroxylation is 2. The molecule has 3 heterocycles. The normalized spacial score (nSPS) is 11.5. The number of hydrogen-bond acceptors (Lipinski definition) is 8. The number of ether oxygens (including phenoxy) is 1. The number of rotatable bonds is 7. The van der Waals surface area contributed by atoms with Gasteiger partial charge in [-0.25, -0.2) is 15.0 Å². The molecule has 9 nitrogen and oxygen atoms in total. The minimum absolute atomic E-state index is 0.0818. The van der Waals surface area contributed by atoms with Crippen molar-refractivity contribution in [2.45, 2.75) is 18.7 Å². The number of nitrogens with zero attached hydrogens (tertiary/aromatic N) is 4. The highest BCUT2D eigenvalue weighted by Gasteiger charge is 2.17. The Bertz CT molecular complexity index is 1940. The van der Waals surface area contributed by atoms with Gasteiger partial charge in [0.1, 0.15) is 39.9 Å².